The molecule has 6 heteroatoms. The van der Waals surface area contributed by atoms with Gasteiger partial charge in [0.05, 0.1) is 0 Å². The lowest BCUT2D eigenvalue weighted by Gasteiger charge is -2.17. The summed E-state index contributed by atoms with van der Waals surface area (Å²) in [6.07, 6.45) is 0. The van der Waals surface area contributed by atoms with Gasteiger partial charge in [-0.1, -0.05) is 0 Å². The van der Waals surface area contributed by atoms with E-state index in [2.05, 4.69) is 47.8 Å². The number of benzene rings is 1. The van der Waals surface area contributed by atoms with Gasteiger partial charge in [-0.3, -0.25) is 0 Å². The Morgan fingerprint density at radius 1 is 0.778 bits per heavy atom. The van der Waals surface area contributed by atoms with E-state index in [1.54, 1.807) is 6.07 Å². The van der Waals surface area contributed by atoms with Crippen molar-refractivity contribution in [2.45, 2.75) is 35.8 Å². The number of hydrogen-bond acceptors (Lipinski definition) is 3. The van der Waals surface area contributed by atoms with Crippen LogP contribution in [-0.4, -0.2) is 15.0 Å². The number of hydrogen-bond donors (Lipinski definition) is 0. The Kier molecular flexibility index (Phi) is 6.81. The zero-order chi connectivity index (χ0) is 13.7. The van der Waals surface area contributed by atoms with Crippen molar-refractivity contribution < 1.29 is 14.2 Å². The minimum Gasteiger partial charge on any atom is -0.479 e. The standard InChI is InChI=1S/C12H15Br3O3/c1-7(13)16-10-4-5-11(17-8(2)14)12(6-10)18-9(3)15/h4-9H,1-3H3. The quantitative estimate of drug-likeness (QED) is 0.572. The van der Waals surface area contributed by atoms with Gasteiger partial charge in [0.15, 0.2) is 26.5 Å². The van der Waals surface area contributed by atoms with Gasteiger partial charge in [-0.05, 0) is 80.7 Å². The Morgan fingerprint density at radius 2 is 1.28 bits per heavy atom. The maximum absolute atomic E-state index is 5.64. The van der Waals surface area contributed by atoms with E-state index in [0.717, 1.165) is 5.75 Å². The van der Waals surface area contributed by atoms with Gasteiger partial charge in [-0.25, -0.2) is 0 Å². The molecular weight excluding hydrogens is 432 g/mol. The van der Waals surface area contributed by atoms with Crippen molar-refractivity contribution in [3.8, 4) is 17.2 Å². The predicted molar refractivity (Wildman–Crippen MR) is 83.5 cm³/mol. The molecule has 1 aromatic carbocycles. The molecule has 3 atom stereocenters. The smallest absolute Gasteiger partial charge is 0.166 e. The van der Waals surface area contributed by atoms with Gasteiger partial charge in [-0.2, -0.15) is 0 Å². The Balaban J connectivity index is 2.96. The van der Waals surface area contributed by atoms with Crippen molar-refractivity contribution in [3.05, 3.63) is 18.2 Å². The molecule has 102 valence electrons. The molecule has 0 aromatic heterocycles. The lowest BCUT2D eigenvalue weighted by Crippen LogP contribution is -2.08. The van der Waals surface area contributed by atoms with Crippen LogP contribution in [0.15, 0.2) is 18.2 Å². The summed E-state index contributed by atoms with van der Waals surface area (Å²) < 4.78 is 16.8. The fourth-order valence-electron chi connectivity index (χ4n) is 1.29. The highest BCUT2D eigenvalue weighted by Gasteiger charge is 2.12. The summed E-state index contributed by atoms with van der Waals surface area (Å²) in [5.74, 6) is 2.02. The number of rotatable bonds is 6. The van der Waals surface area contributed by atoms with E-state index in [9.17, 15) is 0 Å². The number of alkyl halides is 3. The molecule has 0 saturated carbocycles. The molecule has 3 nitrogen and oxygen atoms in total. The second-order valence-corrected chi connectivity index (χ2v) is 7.46. The number of halogens is 3. The van der Waals surface area contributed by atoms with Crippen molar-refractivity contribution in [2.75, 3.05) is 0 Å². The highest BCUT2D eigenvalue weighted by Crippen LogP contribution is 2.34. The van der Waals surface area contributed by atoms with Gasteiger partial charge in [0.1, 0.15) is 5.75 Å². The van der Waals surface area contributed by atoms with E-state index >= 15 is 0 Å². The van der Waals surface area contributed by atoms with E-state index in [1.807, 2.05) is 32.9 Å². The van der Waals surface area contributed by atoms with Crippen LogP contribution in [0.4, 0.5) is 0 Å². The Bertz CT molecular complexity index is 381. The van der Waals surface area contributed by atoms with Crippen molar-refractivity contribution >= 4 is 47.8 Å². The summed E-state index contributed by atoms with van der Waals surface area (Å²) in [6, 6.07) is 5.47. The minimum atomic E-state index is -0.109. The third-order valence-electron chi connectivity index (χ3n) is 1.79. The van der Waals surface area contributed by atoms with Gasteiger partial charge in [0.2, 0.25) is 0 Å². The maximum Gasteiger partial charge on any atom is 0.166 e. The van der Waals surface area contributed by atoms with Gasteiger partial charge in [-0.15, -0.1) is 0 Å². The van der Waals surface area contributed by atoms with Gasteiger partial charge < -0.3 is 14.2 Å². The van der Waals surface area contributed by atoms with Crippen molar-refractivity contribution in [1.29, 1.82) is 0 Å². The minimum absolute atomic E-state index is 0.0615. The van der Waals surface area contributed by atoms with Crippen LogP contribution in [0.1, 0.15) is 20.8 Å². The van der Waals surface area contributed by atoms with Gasteiger partial charge in [0.25, 0.3) is 0 Å². The zero-order valence-corrected chi connectivity index (χ0v) is 15.1. The fraction of sp³-hybridized carbons (Fsp3) is 0.500. The largest absolute Gasteiger partial charge is 0.479 e. The lowest BCUT2D eigenvalue weighted by atomic mass is 10.3. The first-order chi connectivity index (χ1) is 8.38. The van der Waals surface area contributed by atoms with Crippen LogP contribution in [0, 0.1) is 0 Å². The van der Waals surface area contributed by atoms with E-state index < -0.39 is 0 Å². The monoisotopic (exact) mass is 444 g/mol. The van der Waals surface area contributed by atoms with Gasteiger partial charge in [0, 0.05) is 6.07 Å². The topological polar surface area (TPSA) is 27.7 Å². The first kappa shape index (κ1) is 16.1. The average Bonchev–Trinajstić information content (AvgIpc) is 2.19. The van der Waals surface area contributed by atoms with Crippen LogP contribution in [0.2, 0.25) is 0 Å². The molecule has 0 aliphatic rings. The second-order valence-electron chi connectivity index (χ2n) is 3.59. The molecule has 3 unspecified atom stereocenters. The van der Waals surface area contributed by atoms with Crippen LogP contribution in [0.5, 0.6) is 17.2 Å². The van der Waals surface area contributed by atoms with Crippen molar-refractivity contribution in [3.63, 3.8) is 0 Å². The number of ether oxygens (including phenoxy) is 3. The Labute approximate surface area is 133 Å². The molecule has 0 N–H and O–H groups in total. The van der Waals surface area contributed by atoms with Crippen LogP contribution in [0.25, 0.3) is 0 Å². The van der Waals surface area contributed by atoms with Crippen molar-refractivity contribution in [1.82, 2.24) is 0 Å². The Hall–Kier alpha value is 0.0600. The summed E-state index contributed by atoms with van der Waals surface area (Å²) in [6.45, 7) is 5.69. The summed E-state index contributed by atoms with van der Waals surface area (Å²) in [4.78, 5) is 0. The van der Waals surface area contributed by atoms with Crippen molar-refractivity contribution in [2.24, 2.45) is 0 Å². The van der Waals surface area contributed by atoms with Crippen LogP contribution < -0.4 is 14.2 Å². The molecule has 0 spiro atoms. The normalized spacial score (nSPS) is 15.7. The second kappa shape index (κ2) is 7.60. The van der Waals surface area contributed by atoms with Gasteiger partial charge >= 0.3 is 0 Å². The maximum atomic E-state index is 5.64. The molecule has 0 saturated heterocycles. The Morgan fingerprint density at radius 3 is 1.78 bits per heavy atom. The summed E-state index contributed by atoms with van der Waals surface area (Å²) in [5.41, 5.74) is 0. The summed E-state index contributed by atoms with van der Waals surface area (Å²) in [7, 11) is 0. The third-order valence-corrected chi connectivity index (χ3v) is 2.35. The molecule has 1 aromatic rings. The molecule has 0 radical (unpaired) electrons. The third kappa shape index (κ3) is 5.80. The molecule has 0 fully saturated rings. The molecule has 0 amide bonds. The van der Waals surface area contributed by atoms with E-state index in [-0.39, 0.29) is 15.0 Å². The van der Waals surface area contributed by atoms with Crippen LogP contribution in [0.3, 0.4) is 0 Å². The lowest BCUT2D eigenvalue weighted by molar-refractivity contribution is 0.259. The highest BCUT2D eigenvalue weighted by molar-refractivity contribution is 9.09. The molecule has 0 aliphatic heterocycles. The highest BCUT2D eigenvalue weighted by atomic mass is 79.9. The van der Waals surface area contributed by atoms with E-state index in [0.29, 0.717) is 11.5 Å². The van der Waals surface area contributed by atoms with Crippen LogP contribution in [-0.2, 0) is 0 Å². The molecule has 18 heavy (non-hydrogen) atoms. The molecule has 0 bridgehead atoms. The predicted octanol–water partition coefficient (Wildman–Crippen LogP) is 5.05. The molecule has 1 rings (SSSR count). The molecule has 0 heterocycles. The van der Waals surface area contributed by atoms with Crippen LogP contribution >= 0.6 is 47.8 Å². The average molecular weight is 447 g/mol. The van der Waals surface area contributed by atoms with E-state index in [4.69, 9.17) is 14.2 Å². The SMILES string of the molecule is CC(Br)Oc1ccc(OC(C)Br)c(OC(C)Br)c1. The summed E-state index contributed by atoms with van der Waals surface area (Å²) >= 11 is 10.0. The summed E-state index contributed by atoms with van der Waals surface area (Å²) in [5, 5.41) is -0.261. The fourth-order valence-corrected chi connectivity index (χ4v) is 1.91. The molecular formula is C12H15Br3O3. The first-order valence-electron chi connectivity index (χ1n) is 5.44. The first-order valence-corrected chi connectivity index (χ1v) is 8.19. The molecule has 0 aliphatic carbocycles. The zero-order valence-electron chi connectivity index (χ0n) is 10.3. The van der Waals surface area contributed by atoms with E-state index in [1.165, 1.54) is 0 Å².